The fourth-order valence-electron chi connectivity index (χ4n) is 3.24. The van der Waals surface area contributed by atoms with Gasteiger partial charge in [-0.2, -0.15) is 13.5 Å². The van der Waals surface area contributed by atoms with Crippen molar-refractivity contribution >= 4 is 16.8 Å². The first-order chi connectivity index (χ1) is 13.3. The van der Waals surface area contributed by atoms with Gasteiger partial charge >= 0.3 is 11.5 Å². The molecule has 0 bridgehead atoms. The van der Waals surface area contributed by atoms with Crippen molar-refractivity contribution in [2.45, 2.75) is 0 Å². The number of pyridine rings is 1. The van der Waals surface area contributed by atoms with Gasteiger partial charge in [-0.25, -0.2) is 9.55 Å². The van der Waals surface area contributed by atoms with E-state index in [-0.39, 0.29) is 0 Å². The van der Waals surface area contributed by atoms with Gasteiger partial charge in [0, 0.05) is 24.7 Å². The molecule has 6 heterocycles. The predicted octanol–water partition coefficient (Wildman–Crippen LogP) is 1.18. The third kappa shape index (κ3) is 2.20. The van der Waals surface area contributed by atoms with Crippen LogP contribution in [0.15, 0.2) is 86.2 Å². The molecule has 0 unspecified atom stereocenters. The van der Waals surface area contributed by atoms with Gasteiger partial charge in [-0.15, -0.1) is 0 Å². The standard InChI is InChI=1S/C19H14N8/c1-2-6-27-15(3-1)11-17(22-27)25-7-4-16-21-19(13-26(16)14-25)24-10-9-23-8-5-20-18(23)12-24/h1-14H/q+2. The molecule has 0 aliphatic rings. The van der Waals surface area contributed by atoms with Crippen molar-refractivity contribution in [1.29, 1.82) is 0 Å². The summed E-state index contributed by atoms with van der Waals surface area (Å²) in [5.41, 5.74) is 2.78. The van der Waals surface area contributed by atoms with Crippen molar-refractivity contribution in [2.75, 3.05) is 0 Å². The van der Waals surface area contributed by atoms with E-state index in [1.165, 1.54) is 0 Å². The summed E-state index contributed by atoms with van der Waals surface area (Å²) in [7, 11) is 0. The molecule has 6 aromatic heterocycles. The number of nitrogens with zero attached hydrogens (tertiary/aromatic N) is 8. The van der Waals surface area contributed by atoms with Crippen molar-refractivity contribution in [3.63, 3.8) is 0 Å². The van der Waals surface area contributed by atoms with E-state index in [4.69, 9.17) is 4.98 Å². The molecule has 0 aromatic carbocycles. The van der Waals surface area contributed by atoms with E-state index in [0.717, 1.165) is 28.4 Å². The van der Waals surface area contributed by atoms with E-state index in [2.05, 4.69) is 10.1 Å². The van der Waals surface area contributed by atoms with Crippen LogP contribution in [0.4, 0.5) is 0 Å². The Morgan fingerprint density at radius 3 is 2.81 bits per heavy atom. The summed E-state index contributed by atoms with van der Waals surface area (Å²) in [6.07, 6.45) is 17.4. The monoisotopic (exact) mass is 354 g/mol. The van der Waals surface area contributed by atoms with Crippen molar-refractivity contribution < 1.29 is 9.13 Å². The molecule has 0 atom stereocenters. The van der Waals surface area contributed by atoms with E-state index in [1.54, 1.807) is 6.20 Å². The van der Waals surface area contributed by atoms with E-state index in [9.17, 15) is 0 Å². The molecule has 8 nitrogen and oxygen atoms in total. The molecular formula is C19H14N8+2. The first-order valence-electron chi connectivity index (χ1n) is 8.53. The third-order valence-corrected chi connectivity index (χ3v) is 4.61. The average molecular weight is 354 g/mol. The highest BCUT2D eigenvalue weighted by Gasteiger charge is 2.19. The molecule has 27 heavy (non-hydrogen) atoms. The Morgan fingerprint density at radius 1 is 0.852 bits per heavy atom. The summed E-state index contributed by atoms with van der Waals surface area (Å²) in [6, 6.07) is 10.0. The zero-order valence-electron chi connectivity index (χ0n) is 14.2. The Hall–Kier alpha value is -4.07. The second kappa shape index (κ2) is 5.21. The van der Waals surface area contributed by atoms with Gasteiger partial charge in [0.05, 0.1) is 24.0 Å². The fourth-order valence-corrected chi connectivity index (χ4v) is 3.24. The van der Waals surface area contributed by atoms with Crippen LogP contribution in [0.2, 0.25) is 0 Å². The van der Waals surface area contributed by atoms with Crippen LogP contribution >= 0.6 is 0 Å². The quantitative estimate of drug-likeness (QED) is 0.439. The summed E-state index contributed by atoms with van der Waals surface area (Å²) < 4.78 is 9.76. The number of hydrogen-bond acceptors (Lipinski definition) is 3. The lowest BCUT2D eigenvalue weighted by atomic mass is 10.4. The van der Waals surface area contributed by atoms with Crippen LogP contribution in [0.3, 0.4) is 0 Å². The Kier molecular flexibility index (Phi) is 2.73. The maximum atomic E-state index is 4.70. The van der Waals surface area contributed by atoms with Crippen LogP contribution in [0.5, 0.6) is 0 Å². The Morgan fingerprint density at radius 2 is 1.85 bits per heavy atom. The normalized spacial score (nSPS) is 11.7. The molecule has 0 radical (unpaired) electrons. The van der Waals surface area contributed by atoms with Crippen LogP contribution in [-0.2, 0) is 0 Å². The summed E-state index contributed by atoms with van der Waals surface area (Å²) in [6.45, 7) is 0. The highest BCUT2D eigenvalue weighted by molar-refractivity contribution is 5.49. The lowest BCUT2D eigenvalue weighted by Crippen LogP contribution is -2.31. The number of rotatable bonds is 2. The Bertz CT molecular complexity index is 1410. The van der Waals surface area contributed by atoms with Crippen LogP contribution < -0.4 is 9.13 Å². The van der Waals surface area contributed by atoms with Gasteiger partial charge in [0.25, 0.3) is 5.82 Å². The van der Waals surface area contributed by atoms with Gasteiger partial charge in [-0.1, -0.05) is 6.07 Å². The Balaban J connectivity index is 1.46. The van der Waals surface area contributed by atoms with E-state index < -0.39 is 0 Å². The zero-order valence-corrected chi connectivity index (χ0v) is 14.2. The number of imidazole rings is 2. The number of aromatic nitrogens is 8. The molecule has 0 saturated carbocycles. The van der Waals surface area contributed by atoms with Gasteiger partial charge in [0.1, 0.15) is 12.4 Å². The minimum absolute atomic E-state index is 0.827. The van der Waals surface area contributed by atoms with Crippen LogP contribution in [0.25, 0.3) is 28.4 Å². The zero-order chi connectivity index (χ0) is 17.8. The maximum absolute atomic E-state index is 4.70. The third-order valence-electron chi connectivity index (χ3n) is 4.61. The van der Waals surface area contributed by atoms with E-state index in [0.29, 0.717) is 0 Å². The van der Waals surface area contributed by atoms with E-state index >= 15 is 0 Å². The van der Waals surface area contributed by atoms with Gasteiger partial charge in [0.2, 0.25) is 6.33 Å². The molecule has 0 spiro atoms. The van der Waals surface area contributed by atoms with Gasteiger partial charge in [-0.3, -0.25) is 0 Å². The molecule has 0 fully saturated rings. The second-order valence-corrected chi connectivity index (χ2v) is 6.30. The minimum Gasteiger partial charge on any atom is -0.300 e. The highest BCUT2D eigenvalue weighted by atomic mass is 15.3. The maximum Gasteiger partial charge on any atom is 0.364 e. The Labute approximate surface area is 152 Å². The highest BCUT2D eigenvalue weighted by Crippen LogP contribution is 2.07. The smallest absolute Gasteiger partial charge is 0.300 e. The fraction of sp³-hybridized carbons (Fsp3) is 0. The summed E-state index contributed by atoms with van der Waals surface area (Å²) in [5.74, 6) is 1.68. The molecule has 0 N–H and O–H groups in total. The van der Waals surface area contributed by atoms with Crippen molar-refractivity contribution in [2.24, 2.45) is 0 Å². The topological polar surface area (TPSA) is 59.7 Å². The largest absolute Gasteiger partial charge is 0.364 e. The second-order valence-electron chi connectivity index (χ2n) is 6.30. The molecule has 0 amide bonds. The molecule has 8 heteroatoms. The molecule has 6 rings (SSSR count). The molecule has 128 valence electrons. The SMILES string of the molecule is c1ccn2nc(-[n+]3ccc4nc(-[n+]5ccn6ccnc6c5)cn4c3)cc2c1. The first kappa shape index (κ1) is 14.1. The molecule has 6 aromatic rings. The summed E-state index contributed by atoms with van der Waals surface area (Å²) >= 11 is 0. The van der Waals surface area contributed by atoms with Crippen molar-refractivity contribution in [1.82, 2.24) is 28.4 Å². The van der Waals surface area contributed by atoms with Gasteiger partial charge in [-0.05, 0) is 22.2 Å². The first-order valence-corrected chi connectivity index (χ1v) is 8.53. The van der Waals surface area contributed by atoms with Crippen LogP contribution in [0.1, 0.15) is 0 Å². The molecular weight excluding hydrogens is 340 g/mol. The van der Waals surface area contributed by atoms with Gasteiger partial charge < -0.3 is 4.40 Å². The lowest BCUT2D eigenvalue weighted by Gasteiger charge is -1.93. The van der Waals surface area contributed by atoms with Crippen molar-refractivity contribution in [3.8, 4) is 11.6 Å². The lowest BCUT2D eigenvalue weighted by molar-refractivity contribution is -0.604. The molecule has 0 saturated heterocycles. The summed E-state index contributed by atoms with van der Waals surface area (Å²) in [4.78, 5) is 9.03. The number of fused-ring (bicyclic) bond motifs is 3. The number of hydrogen-bond donors (Lipinski definition) is 0. The average Bonchev–Trinajstić information content (AvgIpc) is 3.42. The van der Waals surface area contributed by atoms with Crippen molar-refractivity contribution in [3.05, 3.63) is 86.2 Å². The van der Waals surface area contributed by atoms with Gasteiger partial charge in [0.15, 0.2) is 11.8 Å². The molecule has 0 aliphatic carbocycles. The molecule has 0 aliphatic heterocycles. The minimum atomic E-state index is 0.827. The van der Waals surface area contributed by atoms with Crippen LogP contribution in [0, 0.1) is 0 Å². The summed E-state index contributed by atoms with van der Waals surface area (Å²) in [5, 5.41) is 4.61. The predicted molar refractivity (Wildman–Crippen MR) is 95.8 cm³/mol. The van der Waals surface area contributed by atoms with Crippen LogP contribution in [-0.4, -0.2) is 28.4 Å². The van der Waals surface area contributed by atoms with E-state index in [1.807, 2.05) is 102 Å².